The molecule has 186 valence electrons. The summed E-state index contributed by atoms with van der Waals surface area (Å²) in [5.74, 6) is -3.59. The van der Waals surface area contributed by atoms with Crippen LogP contribution in [0.3, 0.4) is 0 Å². The van der Waals surface area contributed by atoms with Crippen molar-refractivity contribution in [1.29, 1.82) is 5.26 Å². The van der Waals surface area contributed by atoms with E-state index in [1.54, 1.807) is 24.5 Å². The molecule has 3 aromatic rings. The predicted octanol–water partition coefficient (Wildman–Crippen LogP) is 5.06. The topological polar surface area (TPSA) is 102 Å². The number of halogens is 3. The summed E-state index contributed by atoms with van der Waals surface area (Å²) >= 11 is 0. The number of nitriles is 1. The van der Waals surface area contributed by atoms with Crippen molar-refractivity contribution >= 4 is 5.78 Å². The Hall–Kier alpha value is -3.61. The average Bonchev–Trinajstić information content (AvgIpc) is 2.85. The highest BCUT2D eigenvalue weighted by atomic mass is 19.1. The van der Waals surface area contributed by atoms with Crippen LogP contribution in [0.25, 0.3) is 11.3 Å². The van der Waals surface area contributed by atoms with E-state index in [0.29, 0.717) is 12.0 Å². The molecule has 3 heterocycles. The van der Waals surface area contributed by atoms with Crippen LogP contribution >= 0.6 is 0 Å². The molecule has 1 aliphatic heterocycles. The summed E-state index contributed by atoms with van der Waals surface area (Å²) in [6.07, 6.45) is 4.02. The molecule has 2 aromatic heterocycles. The Bertz CT molecular complexity index is 1340. The third kappa shape index (κ3) is 5.15. The third-order valence-electron chi connectivity index (χ3n) is 6.35. The lowest BCUT2D eigenvalue weighted by atomic mass is 9.88. The zero-order valence-electron chi connectivity index (χ0n) is 19.8. The molecule has 6 nitrogen and oxygen atoms in total. The molecule has 1 aliphatic rings. The fraction of sp³-hybridized carbons (Fsp3) is 0.333. The summed E-state index contributed by atoms with van der Waals surface area (Å²) in [6.45, 7) is 4.12. The highest BCUT2D eigenvalue weighted by Gasteiger charge is 2.32. The molecule has 0 aliphatic carbocycles. The van der Waals surface area contributed by atoms with Crippen molar-refractivity contribution in [2.24, 2.45) is 11.7 Å². The lowest BCUT2D eigenvalue weighted by Gasteiger charge is -2.36. The first kappa shape index (κ1) is 25.5. The van der Waals surface area contributed by atoms with Gasteiger partial charge in [0, 0.05) is 24.9 Å². The smallest absolute Gasteiger partial charge is 0.185 e. The number of carbonyl (C=O) groups excluding carboxylic acids is 1. The summed E-state index contributed by atoms with van der Waals surface area (Å²) in [7, 11) is 0. The number of aromatic nitrogens is 2. The van der Waals surface area contributed by atoms with Crippen molar-refractivity contribution < 1.29 is 22.7 Å². The number of pyridine rings is 2. The Morgan fingerprint density at radius 3 is 2.64 bits per heavy atom. The van der Waals surface area contributed by atoms with Crippen molar-refractivity contribution in [1.82, 2.24) is 9.97 Å². The lowest BCUT2D eigenvalue weighted by Crippen LogP contribution is -2.39. The molecule has 4 rings (SSSR count). The number of nitrogens with two attached hydrogens (primary N) is 1. The summed E-state index contributed by atoms with van der Waals surface area (Å²) in [6, 6.07) is 7.20. The highest BCUT2D eigenvalue weighted by molar-refractivity contribution is 5.96. The fourth-order valence-corrected chi connectivity index (χ4v) is 4.41. The molecule has 2 N–H and O–H groups in total. The number of nitrogens with zero attached hydrogens (tertiary/aromatic N) is 3. The first-order valence-electron chi connectivity index (χ1n) is 11.6. The standard InChI is InChI=1S/C27H25F3N4O2/c1-14(2)23-10-17(32)11-24(36-23)18-7-8-33-13-16(18)9-22(35)21-6-5-20(29)27(34-21)25-19(28)4-3-15(12-31)26(25)30/h3-8,13-14,17,23-24H,9-11,32H2,1-2H3/t17-,23-,24+/m0/s1. The van der Waals surface area contributed by atoms with E-state index in [2.05, 4.69) is 23.8 Å². The Morgan fingerprint density at radius 1 is 1.17 bits per heavy atom. The molecule has 3 atom stereocenters. The van der Waals surface area contributed by atoms with Gasteiger partial charge in [0.1, 0.15) is 29.1 Å². The number of Topliss-reactive ketones (excluding diaryl/α,β-unsaturated/α-hetero) is 1. The maximum absolute atomic E-state index is 14.7. The van der Waals surface area contributed by atoms with Crippen LogP contribution in [-0.4, -0.2) is 27.9 Å². The van der Waals surface area contributed by atoms with Gasteiger partial charge in [-0.15, -0.1) is 0 Å². The highest BCUT2D eigenvalue weighted by Crippen LogP contribution is 2.35. The lowest BCUT2D eigenvalue weighted by molar-refractivity contribution is -0.0793. The van der Waals surface area contributed by atoms with Gasteiger partial charge in [-0.2, -0.15) is 5.26 Å². The molecule has 0 spiro atoms. The monoisotopic (exact) mass is 494 g/mol. The van der Waals surface area contributed by atoms with E-state index >= 15 is 0 Å². The molecule has 0 amide bonds. The maximum Gasteiger partial charge on any atom is 0.185 e. The van der Waals surface area contributed by atoms with Gasteiger partial charge in [-0.25, -0.2) is 18.2 Å². The van der Waals surface area contributed by atoms with Crippen LogP contribution in [0.1, 0.15) is 60.0 Å². The van der Waals surface area contributed by atoms with Gasteiger partial charge >= 0.3 is 0 Å². The number of ketones is 1. The molecule has 0 unspecified atom stereocenters. The van der Waals surface area contributed by atoms with Gasteiger partial charge in [-0.1, -0.05) is 13.8 Å². The van der Waals surface area contributed by atoms with Gasteiger partial charge in [0.2, 0.25) is 0 Å². The Morgan fingerprint density at radius 2 is 1.92 bits per heavy atom. The minimum atomic E-state index is -1.24. The molecule has 1 fully saturated rings. The number of benzene rings is 1. The summed E-state index contributed by atoms with van der Waals surface area (Å²) in [4.78, 5) is 21.2. The van der Waals surface area contributed by atoms with E-state index in [4.69, 9.17) is 15.7 Å². The normalized spacial score (nSPS) is 19.8. The Labute approximate surface area is 206 Å². The summed E-state index contributed by atoms with van der Waals surface area (Å²) < 4.78 is 49.9. The van der Waals surface area contributed by atoms with Gasteiger partial charge in [-0.05, 0) is 60.2 Å². The maximum atomic E-state index is 14.7. The van der Waals surface area contributed by atoms with Crippen LogP contribution in [0.4, 0.5) is 13.2 Å². The van der Waals surface area contributed by atoms with Crippen LogP contribution in [0, 0.1) is 34.7 Å². The molecular formula is C27H25F3N4O2. The third-order valence-corrected chi connectivity index (χ3v) is 6.35. The number of hydrogen-bond acceptors (Lipinski definition) is 6. The Balaban J connectivity index is 1.65. The van der Waals surface area contributed by atoms with Gasteiger partial charge in [0.15, 0.2) is 11.6 Å². The largest absolute Gasteiger partial charge is 0.370 e. The second-order valence-electron chi connectivity index (χ2n) is 9.24. The SMILES string of the molecule is CC(C)[C@@H]1C[C@H](N)C[C@H](c2ccncc2CC(=O)c2ccc(F)c(-c3c(F)ccc(C#N)c3F)n2)O1. The van der Waals surface area contributed by atoms with Crippen molar-refractivity contribution in [3.8, 4) is 17.3 Å². The van der Waals surface area contributed by atoms with Gasteiger partial charge < -0.3 is 10.5 Å². The molecule has 36 heavy (non-hydrogen) atoms. The summed E-state index contributed by atoms with van der Waals surface area (Å²) in [5.41, 5.74) is 5.53. The second-order valence-corrected chi connectivity index (χ2v) is 9.24. The first-order chi connectivity index (χ1) is 17.2. The van der Waals surface area contributed by atoms with E-state index in [0.717, 1.165) is 36.2 Å². The quantitative estimate of drug-likeness (QED) is 0.481. The zero-order valence-corrected chi connectivity index (χ0v) is 19.8. The average molecular weight is 495 g/mol. The first-order valence-corrected chi connectivity index (χ1v) is 11.6. The number of hydrogen-bond donors (Lipinski definition) is 1. The number of carbonyl (C=O) groups is 1. The van der Waals surface area contributed by atoms with E-state index in [-0.39, 0.29) is 36.3 Å². The molecular weight excluding hydrogens is 469 g/mol. The van der Waals surface area contributed by atoms with Crippen molar-refractivity contribution in [2.75, 3.05) is 0 Å². The van der Waals surface area contributed by atoms with Gasteiger partial charge in [0.05, 0.1) is 23.3 Å². The Kier molecular flexibility index (Phi) is 7.48. The second kappa shape index (κ2) is 10.6. The van der Waals surface area contributed by atoms with Crippen LogP contribution in [0.5, 0.6) is 0 Å². The molecule has 1 aromatic carbocycles. The van der Waals surface area contributed by atoms with E-state index in [9.17, 15) is 18.0 Å². The van der Waals surface area contributed by atoms with E-state index < -0.39 is 40.1 Å². The van der Waals surface area contributed by atoms with E-state index in [1.807, 2.05) is 0 Å². The predicted molar refractivity (Wildman–Crippen MR) is 126 cm³/mol. The van der Waals surface area contributed by atoms with E-state index in [1.165, 1.54) is 0 Å². The fourth-order valence-electron chi connectivity index (χ4n) is 4.41. The zero-order chi connectivity index (χ0) is 26.0. The van der Waals surface area contributed by atoms with Gasteiger partial charge in [-0.3, -0.25) is 9.78 Å². The molecule has 1 saturated heterocycles. The molecule has 0 saturated carbocycles. The van der Waals surface area contributed by atoms with Crippen LogP contribution < -0.4 is 5.73 Å². The summed E-state index contributed by atoms with van der Waals surface area (Å²) in [5, 5.41) is 9.05. The minimum Gasteiger partial charge on any atom is -0.370 e. The van der Waals surface area contributed by atoms with Crippen LogP contribution in [0.2, 0.25) is 0 Å². The molecule has 0 radical (unpaired) electrons. The van der Waals surface area contributed by atoms with Crippen molar-refractivity contribution in [3.63, 3.8) is 0 Å². The number of rotatable bonds is 6. The van der Waals surface area contributed by atoms with Crippen LogP contribution in [-0.2, 0) is 11.2 Å². The van der Waals surface area contributed by atoms with Crippen molar-refractivity contribution in [2.45, 2.75) is 51.4 Å². The molecule has 9 heteroatoms. The minimum absolute atomic E-state index is 0.0224. The number of ether oxygens (including phenoxy) is 1. The van der Waals surface area contributed by atoms with Crippen LogP contribution in [0.15, 0.2) is 42.7 Å². The van der Waals surface area contributed by atoms with Crippen molar-refractivity contribution in [3.05, 3.63) is 82.6 Å². The van der Waals surface area contributed by atoms with Gasteiger partial charge in [0.25, 0.3) is 0 Å². The molecule has 0 bridgehead atoms.